The Hall–Kier alpha value is -3.46. The molecule has 1 aromatic heterocycles. The lowest BCUT2D eigenvalue weighted by Crippen LogP contribution is -2.39. The number of piperidine rings is 1. The maximum Gasteiger partial charge on any atom is 0.142 e. The number of nitrogens with zero attached hydrogens (tertiary/aromatic N) is 4. The fourth-order valence-electron chi connectivity index (χ4n) is 4.99. The van der Waals surface area contributed by atoms with Gasteiger partial charge in [0.25, 0.3) is 0 Å². The van der Waals surface area contributed by atoms with E-state index in [4.69, 9.17) is 25.8 Å². The summed E-state index contributed by atoms with van der Waals surface area (Å²) in [6, 6.07) is 24.7. The van der Waals surface area contributed by atoms with Crippen LogP contribution in [0.25, 0.3) is 0 Å². The molecule has 214 valence electrons. The number of hydrogen-bond acceptors (Lipinski definition) is 8. The lowest BCUT2D eigenvalue weighted by molar-refractivity contribution is 0.0797. The first kappa shape index (κ1) is 29.0. The number of methoxy groups -OCH3 is 2. The molecule has 1 aliphatic rings. The minimum absolute atomic E-state index is 0.144. The number of halogens is 1. The molecule has 0 saturated carbocycles. The first-order valence-corrected chi connectivity index (χ1v) is 14.9. The van der Waals surface area contributed by atoms with Crippen molar-refractivity contribution in [3.05, 3.63) is 101 Å². The van der Waals surface area contributed by atoms with Gasteiger partial charge in [0.1, 0.15) is 35.5 Å². The number of benzene rings is 3. The molecule has 9 heteroatoms. The van der Waals surface area contributed by atoms with E-state index in [0.717, 1.165) is 59.5 Å². The third-order valence-corrected chi connectivity index (χ3v) is 8.65. The SMILES string of the molecule is COc1ccc(CN(Sc2ccc(OC3CCN(C(C)c4ccccc4)CC3)c(Cl)c2)c2ccncn2)c(OC)c1. The van der Waals surface area contributed by atoms with E-state index >= 15 is 0 Å². The standard InChI is InChI=1S/C32H35ClN4O3S/c1-23(24-7-5-4-6-8-24)36-17-14-26(15-18-36)40-30-12-11-28(20-29(30)33)41-37(32-13-16-34-22-35-32)21-25-9-10-27(38-2)19-31(25)39-3/h4-13,16,19-20,22-23,26H,14-15,17-18,21H2,1-3H3. The van der Waals surface area contributed by atoms with Crippen LogP contribution in [0.5, 0.6) is 17.2 Å². The minimum Gasteiger partial charge on any atom is -0.497 e. The van der Waals surface area contributed by atoms with Gasteiger partial charge in [0.2, 0.25) is 0 Å². The molecular weight excluding hydrogens is 556 g/mol. The smallest absolute Gasteiger partial charge is 0.142 e. The van der Waals surface area contributed by atoms with Gasteiger partial charge in [-0.3, -0.25) is 9.21 Å². The predicted molar refractivity (Wildman–Crippen MR) is 165 cm³/mol. The summed E-state index contributed by atoms with van der Waals surface area (Å²) in [7, 11) is 3.30. The Morgan fingerprint density at radius 3 is 2.46 bits per heavy atom. The lowest BCUT2D eigenvalue weighted by atomic mass is 10.0. The molecular formula is C32H35ClN4O3S. The van der Waals surface area contributed by atoms with Crippen molar-refractivity contribution in [3.63, 3.8) is 0 Å². The molecule has 0 radical (unpaired) electrons. The van der Waals surface area contributed by atoms with Crippen molar-refractivity contribution in [3.8, 4) is 17.2 Å². The van der Waals surface area contributed by atoms with Crippen LogP contribution in [0.2, 0.25) is 5.02 Å². The van der Waals surface area contributed by atoms with Crippen LogP contribution in [-0.2, 0) is 6.54 Å². The number of rotatable bonds is 11. The highest BCUT2D eigenvalue weighted by Gasteiger charge is 2.25. The topological polar surface area (TPSA) is 60.0 Å². The van der Waals surface area contributed by atoms with Crippen molar-refractivity contribution in [2.45, 2.75) is 43.4 Å². The Bertz CT molecular complexity index is 1400. The molecule has 1 saturated heterocycles. The van der Waals surface area contributed by atoms with Gasteiger partial charge in [0.15, 0.2) is 0 Å². The minimum atomic E-state index is 0.144. The molecule has 7 nitrogen and oxygen atoms in total. The fourth-order valence-corrected chi connectivity index (χ4v) is 6.24. The van der Waals surface area contributed by atoms with Gasteiger partial charge in [-0.2, -0.15) is 0 Å². The van der Waals surface area contributed by atoms with Crippen molar-refractivity contribution in [2.24, 2.45) is 0 Å². The molecule has 0 aliphatic carbocycles. The molecule has 4 aromatic rings. The predicted octanol–water partition coefficient (Wildman–Crippen LogP) is 7.47. The van der Waals surface area contributed by atoms with E-state index in [9.17, 15) is 0 Å². The van der Waals surface area contributed by atoms with Crippen LogP contribution in [0.4, 0.5) is 5.82 Å². The van der Waals surface area contributed by atoms with Crippen molar-refractivity contribution >= 4 is 29.4 Å². The van der Waals surface area contributed by atoms with Gasteiger partial charge >= 0.3 is 0 Å². The van der Waals surface area contributed by atoms with Crippen LogP contribution in [0.15, 0.2) is 90.2 Å². The molecule has 41 heavy (non-hydrogen) atoms. The molecule has 0 bridgehead atoms. The van der Waals surface area contributed by atoms with Gasteiger partial charge in [0.05, 0.1) is 25.8 Å². The summed E-state index contributed by atoms with van der Waals surface area (Å²) in [6.07, 6.45) is 5.36. The van der Waals surface area contributed by atoms with Gasteiger partial charge in [-0.1, -0.05) is 41.9 Å². The summed E-state index contributed by atoms with van der Waals surface area (Å²) in [4.78, 5) is 12.1. The summed E-state index contributed by atoms with van der Waals surface area (Å²) in [5.74, 6) is 2.98. The summed E-state index contributed by atoms with van der Waals surface area (Å²) in [5.41, 5.74) is 2.35. The third-order valence-electron chi connectivity index (χ3n) is 7.35. The number of aromatic nitrogens is 2. The molecule has 0 N–H and O–H groups in total. The van der Waals surface area contributed by atoms with Crippen molar-refractivity contribution in [2.75, 3.05) is 31.6 Å². The van der Waals surface area contributed by atoms with E-state index in [1.807, 2.05) is 42.5 Å². The Labute approximate surface area is 251 Å². The highest BCUT2D eigenvalue weighted by Crippen LogP contribution is 2.37. The molecule has 0 spiro atoms. The second-order valence-electron chi connectivity index (χ2n) is 9.91. The summed E-state index contributed by atoms with van der Waals surface area (Å²) in [6.45, 7) is 4.81. The number of likely N-dealkylation sites (tertiary alicyclic amines) is 1. The van der Waals surface area contributed by atoms with Gasteiger partial charge in [0, 0.05) is 41.9 Å². The molecule has 0 amide bonds. The summed E-state index contributed by atoms with van der Waals surface area (Å²) < 4.78 is 19.5. The highest BCUT2D eigenvalue weighted by molar-refractivity contribution is 8.00. The first-order valence-electron chi connectivity index (χ1n) is 13.7. The Morgan fingerprint density at radius 1 is 0.976 bits per heavy atom. The molecule has 1 atom stereocenters. The number of ether oxygens (including phenoxy) is 3. The van der Waals surface area contributed by atoms with E-state index in [-0.39, 0.29) is 6.10 Å². The summed E-state index contributed by atoms with van der Waals surface area (Å²) in [5, 5.41) is 0.597. The quantitative estimate of drug-likeness (QED) is 0.167. The average Bonchev–Trinajstić information content (AvgIpc) is 3.03. The maximum absolute atomic E-state index is 6.75. The molecule has 5 rings (SSSR count). The van der Waals surface area contributed by atoms with Crippen LogP contribution in [0, 0.1) is 0 Å². The van der Waals surface area contributed by atoms with Gasteiger partial charge in [-0.05, 0) is 73.7 Å². The van der Waals surface area contributed by atoms with E-state index < -0.39 is 0 Å². The zero-order valence-electron chi connectivity index (χ0n) is 23.6. The second kappa shape index (κ2) is 13.9. The average molecular weight is 591 g/mol. The van der Waals surface area contributed by atoms with Crippen LogP contribution >= 0.6 is 23.5 Å². The fraction of sp³-hybridized carbons (Fsp3) is 0.312. The Morgan fingerprint density at radius 2 is 1.78 bits per heavy atom. The molecule has 1 aliphatic heterocycles. The van der Waals surface area contributed by atoms with Crippen LogP contribution in [-0.4, -0.2) is 48.3 Å². The largest absolute Gasteiger partial charge is 0.497 e. The van der Waals surface area contributed by atoms with Crippen molar-refractivity contribution in [1.82, 2.24) is 14.9 Å². The molecule has 3 aromatic carbocycles. The summed E-state index contributed by atoms with van der Waals surface area (Å²) >= 11 is 8.30. The molecule has 1 fully saturated rings. The zero-order valence-corrected chi connectivity index (χ0v) is 25.1. The monoisotopic (exact) mass is 590 g/mol. The second-order valence-corrected chi connectivity index (χ2v) is 11.4. The molecule has 2 heterocycles. The van der Waals surface area contributed by atoms with E-state index in [1.54, 1.807) is 38.7 Å². The normalized spacial score (nSPS) is 14.8. The highest BCUT2D eigenvalue weighted by atomic mass is 35.5. The van der Waals surface area contributed by atoms with Crippen LogP contribution in [0.3, 0.4) is 0 Å². The maximum atomic E-state index is 6.75. The number of anilines is 1. The van der Waals surface area contributed by atoms with Crippen molar-refractivity contribution < 1.29 is 14.2 Å². The van der Waals surface area contributed by atoms with Crippen LogP contribution in [0.1, 0.15) is 36.9 Å². The van der Waals surface area contributed by atoms with E-state index in [1.165, 1.54) is 5.56 Å². The van der Waals surface area contributed by atoms with E-state index in [0.29, 0.717) is 17.6 Å². The Balaban J connectivity index is 1.24. The van der Waals surface area contributed by atoms with Crippen molar-refractivity contribution in [1.29, 1.82) is 0 Å². The van der Waals surface area contributed by atoms with Gasteiger partial charge in [-0.25, -0.2) is 9.97 Å². The van der Waals surface area contributed by atoms with E-state index in [2.05, 4.69) is 56.4 Å². The third kappa shape index (κ3) is 7.44. The number of hydrogen-bond donors (Lipinski definition) is 0. The van der Waals surface area contributed by atoms with Gasteiger partial charge in [-0.15, -0.1) is 0 Å². The van der Waals surface area contributed by atoms with Gasteiger partial charge < -0.3 is 14.2 Å². The zero-order chi connectivity index (χ0) is 28.6. The Kier molecular flexibility index (Phi) is 9.88. The first-order chi connectivity index (χ1) is 20.0. The lowest BCUT2D eigenvalue weighted by Gasteiger charge is -2.36. The van der Waals surface area contributed by atoms with Crippen LogP contribution < -0.4 is 18.5 Å². The molecule has 1 unspecified atom stereocenters.